The predicted molar refractivity (Wildman–Crippen MR) is 105 cm³/mol. The Morgan fingerprint density at radius 3 is 2.32 bits per heavy atom. The highest BCUT2D eigenvalue weighted by Gasteiger charge is 2.30. The van der Waals surface area contributed by atoms with Gasteiger partial charge in [-0.3, -0.25) is 4.79 Å². The molecule has 0 radical (unpaired) electrons. The number of methoxy groups -OCH3 is 1. The highest BCUT2D eigenvalue weighted by atomic mass is 32.2. The molecule has 150 valence electrons. The molecule has 0 bridgehead atoms. The Bertz CT molecular complexity index is 955. The highest BCUT2D eigenvalue weighted by molar-refractivity contribution is 7.89. The molecule has 1 aliphatic rings. The minimum atomic E-state index is -3.77. The lowest BCUT2D eigenvalue weighted by Crippen LogP contribution is -2.36. The number of sulfonamides is 1. The van der Waals surface area contributed by atoms with Crippen molar-refractivity contribution in [2.45, 2.75) is 24.2 Å². The van der Waals surface area contributed by atoms with Gasteiger partial charge >= 0.3 is 0 Å². The van der Waals surface area contributed by atoms with Gasteiger partial charge in [0.15, 0.2) is 0 Å². The predicted octanol–water partition coefficient (Wildman–Crippen LogP) is 3.29. The van der Waals surface area contributed by atoms with E-state index in [1.54, 1.807) is 7.05 Å². The summed E-state index contributed by atoms with van der Waals surface area (Å²) in [5, 5.41) is 0. The van der Waals surface area contributed by atoms with Gasteiger partial charge in [-0.1, -0.05) is 6.42 Å². The summed E-state index contributed by atoms with van der Waals surface area (Å²) >= 11 is 0. The Hall–Kier alpha value is -2.45. The number of carbonyl (C=O) groups is 1. The van der Waals surface area contributed by atoms with E-state index in [1.165, 1.54) is 58.8 Å². The minimum Gasteiger partial charge on any atom is -0.495 e. The maximum Gasteiger partial charge on any atom is 0.258 e. The van der Waals surface area contributed by atoms with Gasteiger partial charge in [0.25, 0.3) is 5.91 Å². The molecule has 1 heterocycles. The second-order valence-corrected chi connectivity index (χ2v) is 8.58. The lowest BCUT2D eigenvalue weighted by molar-refractivity contribution is 0.0992. The fourth-order valence-electron chi connectivity index (χ4n) is 3.23. The zero-order valence-electron chi connectivity index (χ0n) is 15.9. The number of nitrogens with zero attached hydrogens (tertiary/aromatic N) is 2. The zero-order chi connectivity index (χ0) is 20.3. The Morgan fingerprint density at radius 1 is 1.07 bits per heavy atom. The Kier molecular flexibility index (Phi) is 6.00. The van der Waals surface area contributed by atoms with Gasteiger partial charge < -0.3 is 9.64 Å². The summed E-state index contributed by atoms with van der Waals surface area (Å²) < 4.78 is 46.0. The van der Waals surface area contributed by atoms with E-state index in [0.717, 1.165) is 19.3 Å². The van der Waals surface area contributed by atoms with Crippen LogP contribution in [0.2, 0.25) is 0 Å². The summed E-state index contributed by atoms with van der Waals surface area (Å²) in [4.78, 5) is 14.2. The molecule has 0 unspecified atom stereocenters. The average molecular weight is 406 g/mol. The monoisotopic (exact) mass is 406 g/mol. The Morgan fingerprint density at radius 2 is 1.71 bits per heavy atom. The minimum absolute atomic E-state index is 0.0183. The molecular weight excluding hydrogens is 383 g/mol. The maximum absolute atomic E-state index is 13.1. The molecule has 2 aromatic carbocycles. The van der Waals surface area contributed by atoms with E-state index in [9.17, 15) is 17.6 Å². The van der Waals surface area contributed by atoms with Crippen molar-refractivity contribution in [3.63, 3.8) is 0 Å². The van der Waals surface area contributed by atoms with Crippen LogP contribution in [-0.2, 0) is 10.0 Å². The maximum atomic E-state index is 13.1. The summed E-state index contributed by atoms with van der Waals surface area (Å²) in [6.45, 7) is 0.915. The van der Waals surface area contributed by atoms with Crippen LogP contribution in [0.3, 0.4) is 0 Å². The van der Waals surface area contributed by atoms with E-state index in [-0.39, 0.29) is 16.2 Å². The number of hydrogen-bond donors (Lipinski definition) is 0. The number of amides is 1. The van der Waals surface area contributed by atoms with Crippen molar-refractivity contribution in [2.24, 2.45) is 0 Å². The van der Waals surface area contributed by atoms with Gasteiger partial charge in [-0.15, -0.1) is 0 Å². The second-order valence-electron chi connectivity index (χ2n) is 6.67. The van der Waals surface area contributed by atoms with Crippen molar-refractivity contribution in [1.29, 1.82) is 0 Å². The van der Waals surface area contributed by atoms with Gasteiger partial charge in [0.1, 0.15) is 16.5 Å². The van der Waals surface area contributed by atoms with Gasteiger partial charge in [-0.05, 0) is 55.3 Å². The molecule has 0 aliphatic carbocycles. The fourth-order valence-corrected chi connectivity index (χ4v) is 4.93. The number of piperidine rings is 1. The summed E-state index contributed by atoms with van der Waals surface area (Å²) in [7, 11) is -0.815. The number of anilines is 1. The van der Waals surface area contributed by atoms with Crippen LogP contribution in [0.4, 0.5) is 10.1 Å². The Labute approximate surface area is 164 Å². The quantitative estimate of drug-likeness (QED) is 0.764. The van der Waals surface area contributed by atoms with E-state index >= 15 is 0 Å². The molecule has 3 rings (SSSR count). The summed E-state index contributed by atoms with van der Waals surface area (Å²) in [6.07, 6.45) is 2.63. The van der Waals surface area contributed by atoms with Crippen molar-refractivity contribution in [3.8, 4) is 5.75 Å². The normalized spacial score (nSPS) is 15.2. The zero-order valence-corrected chi connectivity index (χ0v) is 16.7. The van der Waals surface area contributed by atoms with Gasteiger partial charge in [-0.2, -0.15) is 4.31 Å². The Balaban J connectivity index is 1.96. The van der Waals surface area contributed by atoms with Crippen LogP contribution < -0.4 is 9.64 Å². The lowest BCUT2D eigenvalue weighted by atomic mass is 10.1. The average Bonchev–Trinajstić information content (AvgIpc) is 2.73. The van der Waals surface area contributed by atoms with Gasteiger partial charge in [-0.25, -0.2) is 12.8 Å². The molecule has 28 heavy (non-hydrogen) atoms. The third-order valence-electron chi connectivity index (χ3n) is 4.86. The van der Waals surface area contributed by atoms with Crippen molar-refractivity contribution in [3.05, 3.63) is 53.8 Å². The van der Waals surface area contributed by atoms with Crippen LogP contribution in [0.5, 0.6) is 5.75 Å². The van der Waals surface area contributed by atoms with Gasteiger partial charge in [0.05, 0.1) is 7.11 Å². The van der Waals surface area contributed by atoms with Crippen LogP contribution >= 0.6 is 0 Å². The highest BCUT2D eigenvalue weighted by Crippen LogP contribution is 2.30. The van der Waals surface area contributed by atoms with Crippen LogP contribution in [-0.4, -0.2) is 45.9 Å². The van der Waals surface area contributed by atoms with Crippen LogP contribution in [0, 0.1) is 5.82 Å². The number of carbonyl (C=O) groups excluding carboxylic acids is 1. The van der Waals surface area contributed by atoms with Crippen LogP contribution in [0.25, 0.3) is 0 Å². The van der Waals surface area contributed by atoms with E-state index in [4.69, 9.17) is 4.74 Å². The summed E-state index contributed by atoms with van der Waals surface area (Å²) in [6, 6.07) is 9.87. The largest absolute Gasteiger partial charge is 0.495 e. The molecule has 1 amide bonds. The molecule has 6 nitrogen and oxygen atoms in total. The number of halogens is 1. The molecule has 0 aromatic heterocycles. The summed E-state index contributed by atoms with van der Waals surface area (Å²) in [5.74, 6) is -0.597. The molecule has 2 aromatic rings. The molecule has 0 saturated carbocycles. The van der Waals surface area contributed by atoms with E-state index in [0.29, 0.717) is 18.8 Å². The molecule has 1 saturated heterocycles. The molecule has 0 spiro atoms. The number of hydrogen-bond acceptors (Lipinski definition) is 4. The topological polar surface area (TPSA) is 66.9 Å². The standard InChI is InChI=1S/C20H23FN2O4S/c1-22(17-9-7-16(21)8-10-17)20(24)15-6-11-18(27-2)19(14-15)28(25,26)23-12-4-3-5-13-23/h6-11,14H,3-5,12-13H2,1-2H3. The van der Waals surface area contributed by atoms with E-state index in [1.807, 2.05) is 0 Å². The first kappa shape index (κ1) is 20.3. The van der Waals surface area contributed by atoms with Crippen molar-refractivity contribution >= 4 is 21.6 Å². The number of benzene rings is 2. The first-order valence-corrected chi connectivity index (χ1v) is 10.5. The van der Waals surface area contributed by atoms with Crippen molar-refractivity contribution in [2.75, 3.05) is 32.1 Å². The van der Waals surface area contributed by atoms with Gasteiger partial charge in [0.2, 0.25) is 10.0 Å². The van der Waals surface area contributed by atoms with Crippen molar-refractivity contribution in [1.82, 2.24) is 4.31 Å². The summed E-state index contributed by atoms with van der Waals surface area (Å²) in [5.41, 5.74) is 0.714. The third kappa shape index (κ3) is 4.02. The van der Waals surface area contributed by atoms with E-state index in [2.05, 4.69) is 0 Å². The smallest absolute Gasteiger partial charge is 0.258 e. The first-order chi connectivity index (χ1) is 13.3. The second kappa shape index (κ2) is 8.28. The molecule has 0 atom stereocenters. The lowest BCUT2D eigenvalue weighted by Gasteiger charge is -2.27. The molecule has 1 fully saturated rings. The molecule has 0 N–H and O–H groups in total. The first-order valence-electron chi connectivity index (χ1n) is 9.06. The SMILES string of the molecule is COc1ccc(C(=O)N(C)c2ccc(F)cc2)cc1S(=O)(=O)N1CCCCC1. The molecular formula is C20H23FN2O4S. The number of ether oxygens (including phenoxy) is 1. The van der Waals surface area contributed by atoms with E-state index < -0.39 is 21.7 Å². The third-order valence-corrected chi connectivity index (χ3v) is 6.78. The van der Waals surface area contributed by atoms with Crippen LogP contribution in [0.15, 0.2) is 47.4 Å². The van der Waals surface area contributed by atoms with Crippen molar-refractivity contribution < 1.29 is 22.3 Å². The number of rotatable bonds is 5. The molecule has 8 heteroatoms. The molecule has 1 aliphatic heterocycles. The van der Waals surface area contributed by atoms with Crippen LogP contribution in [0.1, 0.15) is 29.6 Å². The fraction of sp³-hybridized carbons (Fsp3) is 0.350. The van der Waals surface area contributed by atoms with Gasteiger partial charge in [0, 0.05) is 31.4 Å².